The molecule has 0 bridgehead atoms. The summed E-state index contributed by atoms with van der Waals surface area (Å²) >= 11 is 3.34. The summed E-state index contributed by atoms with van der Waals surface area (Å²) in [6, 6.07) is 3.83. The van der Waals surface area contributed by atoms with Gasteiger partial charge in [-0.15, -0.1) is 6.58 Å². The normalized spacial score (nSPS) is 12.5. The summed E-state index contributed by atoms with van der Waals surface area (Å²) in [6.07, 6.45) is 4.31. The second-order valence-corrected chi connectivity index (χ2v) is 3.27. The zero-order valence-corrected chi connectivity index (χ0v) is 8.29. The van der Waals surface area contributed by atoms with E-state index in [2.05, 4.69) is 27.5 Å². The molecule has 2 nitrogen and oxygen atoms in total. The van der Waals surface area contributed by atoms with E-state index < -0.39 is 0 Å². The fourth-order valence-electron chi connectivity index (χ4n) is 0.982. The molecular formula is C9H11BrN2. The molecule has 1 heterocycles. The van der Waals surface area contributed by atoms with Gasteiger partial charge >= 0.3 is 0 Å². The van der Waals surface area contributed by atoms with Gasteiger partial charge in [0.2, 0.25) is 0 Å². The van der Waals surface area contributed by atoms with Crippen molar-refractivity contribution in [3.63, 3.8) is 0 Å². The molecule has 0 saturated carbocycles. The fraction of sp³-hybridized carbons (Fsp3) is 0.222. The number of nitrogens with two attached hydrogens (primary N) is 1. The molecule has 1 atom stereocenters. The lowest BCUT2D eigenvalue weighted by Crippen LogP contribution is -2.09. The average Bonchev–Trinajstić information content (AvgIpc) is 2.05. The number of aromatic nitrogens is 1. The van der Waals surface area contributed by atoms with Gasteiger partial charge in [-0.3, -0.25) is 0 Å². The van der Waals surface area contributed by atoms with Crippen LogP contribution in [0.3, 0.4) is 0 Å². The predicted octanol–water partition coefficient (Wildman–Crippen LogP) is 2.42. The largest absolute Gasteiger partial charge is 0.324 e. The third kappa shape index (κ3) is 2.16. The van der Waals surface area contributed by atoms with E-state index in [9.17, 15) is 0 Å². The van der Waals surface area contributed by atoms with Crippen LogP contribution in [0.1, 0.15) is 18.0 Å². The molecule has 12 heavy (non-hydrogen) atoms. The van der Waals surface area contributed by atoms with Crippen LogP contribution in [-0.2, 0) is 0 Å². The second-order valence-electron chi connectivity index (χ2n) is 2.51. The Bertz CT molecular complexity index is 273. The molecule has 0 aliphatic heterocycles. The van der Waals surface area contributed by atoms with Crippen molar-refractivity contribution in [3.05, 3.63) is 41.2 Å². The van der Waals surface area contributed by atoms with Gasteiger partial charge < -0.3 is 5.73 Å². The van der Waals surface area contributed by atoms with Crippen LogP contribution in [0.4, 0.5) is 0 Å². The minimum Gasteiger partial charge on any atom is -0.324 e. The Labute approximate surface area is 80.6 Å². The molecule has 64 valence electrons. The first-order valence-electron chi connectivity index (χ1n) is 3.72. The molecule has 0 aromatic carbocycles. The SMILES string of the molecule is C=CC[C@@H](N)c1cccnc1Br. The van der Waals surface area contributed by atoms with Gasteiger partial charge in [0.15, 0.2) is 0 Å². The number of hydrogen-bond donors (Lipinski definition) is 1. The zero-order chi connectivity index (χ0) is 8.97. The molecule has 0 spiro atoms. The van der Waals surface area contributed by atoms with E-state index in [-0.39, 0.29) is 6.04 Å². The fourth-order valence-corrected chi connectivity index (χ4v) is 1.53. The van der Waals surface area contributed by atoms with Gasteiger partial charge in [-0.2, -0.15) is 0 Å². The Morgan fingerprint density at radius 3 is 3.08 bits per heavy atom. The number of halogens is 1. The van der Waals surface area contributed by atoms with Crippen molar-refractivity contribution in [2.24, 2.45) is 5.73 Å². The lowest BCUT2D eigenvalue weighted by Gasteiger charge is -2.09. The van der Waals surface area contributed by atoms with Crippen LogP contribution < -0.4 is 5.73 Å². The van der Waals surface area contributed by atoms with Crippen LogP contribution >= 0.6 is 15.9 Å². The Kier molecular flexibility index (Phi) is 3.44. The van der Waals surface area contributed by atoms with Gasteiger partial charge in [0, 0.05) is 17.8 Å². The molecule has 0 aliphatic carbocycles. The second kappa shape index (κ2) is 4.38. The number of nitrogens with zero attached hydrogens (tertiary/aromatic N) is 1. The Morgan fingerprint density at radius 1 is 1.75 bits per heavy atom. The summed E-state index contributed by atoms with van der Waals surface area (Å²) in [7, 11) is 0. The van der Waals surface area contributed by atoms with Gasteiger partial charge in [0.05, 0.1) is 0 Å². The molecule has 3 heteroatoms. The minimum atomic E-state index is -0.00873. The number of pyridine rings is 1. The quantitative estimate of drug-likeness (QED) is 0.636. The number of rotatable bonds is 3. The maximum atomic E-state index is 5.87. The summed E-state index contributed by atoms with van der Waals surface area (Å²) in [4.78, 5) is 4.08. The Hall–Kier alpha value is -0.670. The van der Waals surface area contributed by atoms with E-state index in [1.807, 2.05) is 18.2 Å². The van der Waals surface area contributed by atoms with Crippen LogP contribution in [0.15, 0.2) is 35.6 Å². The van der Waals surface area contributed by atoms with E-state index in [1.54, 1.807) is 6.20 Å². The lowest BCUT2D eigenvalue weighted by atomic mass is 10.1. The van der Waals surface area contributed by atoms with Crippen LogP contribution in [0.25, 0.3) is 0 Å². The van der Waals surface area contributed by atoms with Gasteiger partial charge in [-0.1, -0.05) is 12.1 Å². The van der Waals surface area contributed by atoms with Gasteiger partial charge in [0.25, 0.3) is 0 Å². The van der Waals surface area contributed by atoms with Crippen molar-refractivity contribution in [1.82, 2.24) is 4.98 Å². The molecule has 0 unspecified atom stereocenters. The molecule has 0 radical (unpaired) electrons. The highest BCUT2D eigenvalue weighted by Crippen LogP contribution is 2.21. The molecule has 2 N–H and O–H groups in total. The van der Waals surface area contributed by atoms with Gasteiger partial charge in [-0.25, -0.2) is 4.98 Å². The average molecular weight is 227 g/mol. The monoisotopic (exact) mass is 226 g/mol. The highest BCUT2D eigenvalue weighted by Gasteiger charge is 2.07. The van der Waals surface area contributed by atoms with E-state index in [4.69, 9.17) is 5.73 Å². The van der Waals surface area contributed by atoms with Crippen molar-refractivity contribution < 1.29 is 0 Å². The summed E-state index contributed by atoms with van der Waals surface area (Å²) in [6.45, 7) is 3.64. The Balaban J connectivity index is 2.86. The van der Waals surface area contributed by atoms with E-state index in [0.29, 0.717) is 0 Å². The standard InChI is InChI=1S/C9H11BrN2/c1-2-4-8(11)7-5-3-6-12-9(7)10/h2-3,5-6,8H,1,4,11H2/t8-/m1/s1. The summed E-state index contributed by atoms with van der Waals surface area (Å²) in [5.74, 6) is 0. The van der Waals surface area contributed by atoms with Crippen LogP contribution in [0.5, 0.6) is 0 Å². The molecule has 0 fully saturated rings. The van der Waals surface area contributed by atoms with Crippen molar-refractivity contribution >= 4 is 15.9 Å². The van der Waals surface area contributed by atoms with Crippen molar-refractivity contribution in [2.75, 3.05) is 0 Å². The smallest absolute Gasteiger partial charge is 0.110 e. The summed E-state index contributed by atoms with van der Waals surface area (Å²) < 4.78 is 0.819. The molecule has 0 aliphatic rings. The van der Waals surface area contributed by atoms with Gasteiger partial charge in [0.1, 0.15) is 4.60 Å². The first-order valence-corrected chi connectivity index (χ1v) is 4.52. The van der Waals surface area contributed by atoms with E-state index in [1.165, 1.54) is 0 Å². The molecule has 1 rings (SSSR count). The van der Waals surface area contributed by atoms with E-state index in [0.717, 1.165) is 16.6 Å². The highest BCUT2D eigenvalue weighted by atomic mass is 79.9. The molecule has 0 amide bonds. The van der Waals surface area contributed by atoms with Crippen LogP contribution in [0, 0.1) is 0 Å². The third-order valence-electron chi connectivity index (χ3n) is 1.61. The maximum absolute atomic E-state index is 5.87. The third-order valence-corrected chi connectivity index (χ3v) is 2.27. The van der Waals surface area contributed by atoms with Crippen LogP contribution in [0.2, 0.25) is 0 Å². The zero-order valence-electron chi connectivity index (χ0n) is 6.70. The van der Waals surface area contributed by atoms with Crippen molar-refractivity contribution in [3.8, 4) is 0 Å². The van der Waals surface area contributed by atoms with Crippen molar-refractivity contribution in [2.45, 2.75) is 12.5 Å². The van der Waals surface area contributed by atoms with Crippen LogP contribution in [-0.4, -0.2) is 4.98 Å². The summed E-state index contributed by atoms with van der Waals surface area (Å²) in [5.41, 5.74) is 6.89. The predicted molar refractivity (Wildman–Crippen MR) is 53.7 cm³/mol. The van der Waals surface area contributed by atoms with Crippen molar-refractivity contribution in [1.29, 1.82) is 0 Å². The molecule has 1 aromatic heterocycles. The topological polar surface area (TPSA) is 38.9 Å². The highest BCUT2D eigenvalue weighted by molar-refractivity contribution is 9.10. The molecular weight excluding hydrogens is 216 g/mol. The molecule has 1 aromatic rings. The molecule has 0 saturated heterocycles. The lowest BCUT2D eigenvalue weighted by molar-refractivity contribution is 0.732. The summed E-state index contributed by atoms with van der Waals surface area (Å²) in [5, 5.41) is 0. The van der Waals surface area contributed by atoms with E-state index >= 15 is 0 Å². The Morgan fingerprint density at radius 2 is 2.50 bits per heavy atom. The first kappa shape index (κ1) is 9.42. The van der Waals surface area contributed by atoms with Gasteiger partial charge in [-0.05, 0) is 28.4 Å². The first-order chi connectivity index (χ1) is 5.75. The number of hydrogen-bond acceptors (Lipinski definition) is 2. The maximum Gasteiger partial charge on any atom is 0.110 e. The minimum absolute atomic E-state index is 0.00873.